The molecule has 0 amide bonds. The fourth-order valence-corrected chi connectivity index (χ4v) is 6.59. The summed E-state index contributed by atoms with van der Waals surface area (Å²) < 4.78 is 28.0. The number of piperazine rings is 1. The zero-order valence-corrected chi connectivity index (χ0v) is 17.5. The van der Waals surface area contributed by atoms with Gasteiger partial charge in [-0.05, 0) is 44.1 Å². The van der Waals surface area contributed by atoms with E-state index >= 15 is 0 Å². The Labute approximate surface area is 176 Å². The number of anilines is 2. The van der Waals surface area contributed by atoms with Crippen molar-refractivity contribution in [3.05, 3.63) is 30.3 Å². The Morgan fingerprint density at radius 2 is 1.90 bits per heavy atom. The second-order valence-corrected chi connectivity index (χ2v) is 10.3. The molecule has 1 atom stereocenters. The lowest BCUT2D eigenvalue weighted by Crippen LogP contribution is -2.60. The molecule has 0 unspecified atom stereocenters. The molecule has 3 N–H and O–H groups in total. The zero-order chi connectivity index (χ0) is 20.7. The maximum Gasteiger partial charge on any atom is 0.217 e. The van der Waals surface area contributed by atoms with Gasteiger partial charge in [-0.2, -0.15) is 4.31 Å². The van der Waals surface area contributed by atoms with E-state index in [0.717, 1.165) is 18.8 Å². The van der Waals surface area contributed by atoms with E-state index in [9.17, 15) is 13.5 Å². The van der Waals surface area contributed by atoms with Gasteiger partial charge in [0.25, 0.3) is 0 Å². The number of sulfonamides is 1. The summed E-state index contributed by atoms with van der Waals surface area (Å²) in [7, 11) is -3.29. The Bertz CT molecular complexity index is 1040. The Balaban J connectivity index is 1.39. The molecule has 2 aromatic rings. The molecule has 2 fully saturated rings. The molecule has 160 valence electrons. The van der Waals surface area contributed by atoms with Gasteiger partial charge in [0.1, 0.15) is 5.75 Å². The van der Waals surface area contributed by atoms with Crippen LogP contribution in [0.2, 0.25) is 0 Å². The molecule has 0 bridgehead atoms. The molecule has 30 heavy (non-hydrogen) atoms. The molecular weight excluding hydrogens is 404 g/mol. The average Bonchev–Trinajstić information content (AvgIpc) is 2.79. The van der Waals surface area contributed by atoms with Crippen LogP contribution in [0.1, 0.15) is 12.8 Å². The number of hydrogen-bond donors (Lipinski definition) is 3. The van der Waals surface area contributed by atoms with Crippen molar-refractivity contribution in [2.75, 3.05) is 49.5 Å². The molecule has 4 heterocycles. The number of benzene rings is 1. The summed E-state index contributed by atoms with van der Waals surface area (Å²) in [5.74, 6) is 0.852. The van der Waals surface area contributed by atoms with Gasteiger partial charge >= 0.3 is 0 Å². The van der Waals surface area contributed by atoms with Crippen LogP contribution in [0, 0.1) is 0 Å². The van der Waals surface area contributed by atoms with Crippen molar-refractivity contribution in [2.24, 2.45) is 0 Å². The quantitative estimate of drug-likeness (QED) is 0.657. The van der Waals surface area contributed by atoms with Crippen molar-refractivity contribution in [2.45, 2.75) is 24.1 Å². The van der Waals surface area contributed by atoms with Crippen molar-refractivity contribution in [1.29, 1.82) is 0 Å². The summed E-state index contributed by atoms with van der Waals surface area (Å²) in [5, 5.41) is 25.0. The fourth-order valence-electron chi connectivity index (χ4n) is 4.62. The third-order valence-corrected chi connectivity index (χ3v) is 8.65. The van der Waals surface area contributed by atoms with Gasteiger partial charge in [-0.25, -0.2) is 8.42 Å². The smallest absolute Gasteiger partial charge is 0.217 e. The first-order valence-corrected chi connectivity index (χ1v) is 11.9. The second kappa shape index (κ2) is 7.68. The summed E-state index contributed by atoms with van der Waals surface area (Å²) in [6.07, 6.45) is 1.35. The number of piperidine rings is 1. The Hall–Kier alpha value is -2.43. The lowest BCUT2D eigenvalue weighted by molar-refractivity contribution is 0.326. The first-order chi connectivity index (χ1) is 14.5. The van der Waals surface area contributed by atoms with Gasteiger partial charge in [-0.15, -0.1) is 10.2 Å². The molecule has 1 aromatic heterocycles. The van der Waals surface area contributed by atoms with Crippen LogP contribution < -0.4 is 15.5 Å². The number of fused-ring (bicyclic) bond motifs is 3. The van der Waals surface area contributed by atoms with Crippen molar-refractivity contribution in [1.82, 2.24) is 19.8 Å². The molecule has 0 aliphatic carbocycles. The van der Waals surface area contributed by atoms with Gasteiger partial charge in [-0.1, -0.05) is 12.1 Å². The third kappa shape index (κ3) is 3.38. The van der Waals surface area contributed by atoms with E-state index in [0.29, 0.717) is 56.1 Å². The Kier molecular flexibility index (Phi) is 5.00. The van der Waals surface area contributed by atoms with Crippen LogP contribution in [0.5, 0.6) is 5.75 Å². The molecule has 1 aromatic carbocycles. The Morgan fingerprint density at radius 3 is 2.70 bits per heavy atom. The minimum atomic E-state index is -3.29. The van der Waals surface area contributed by atoms with Crippen LogP contribution >= 0.6 is 0 Å². The highest BCUT2D eigenvalue weighted by Gasteiger charge is 2.40. The molecule has 9 nitrogen and oxygen atoms in total. The van der Waals surface area contributed by atoms with E-state index in [2.05, 4.69) is 25.7 Å². The number of hydrogen-bond acceptors (Lipinski definition) is 8. The number of aromatic hydroxyl groups is 1. The summed E-state index contributed by atoms with van der Waals surface area (Å²) in [4.78, 5) is 2.22. The van der Waals surface area contributed by atoms with E-state index in [1.54, 1.807) is 16.4 Å². The van der Waals surface area contributed by atoms with Crippen LogP contribution in [0.25, 0.3) is 11.3 Å². The van der Waals surface area contributed by atoms with Crippen LogP contribution in [0.3, 0.4) is 0 Å². The number of nitrogens with zero attached hydrogens (tertiary/aromatic N) is 4. The number of para-hydroxylation sites is 1. The molecule has 0 saturated carbocycles. The van der Waals surface area contributed by atoms with Crippen molar-refractivity contribution >= 4 is 21.5 Å². The van der Waals surface area contributed by atoms with E-state index in [4.69, 9.17) is 0 Å². The molecule has 0 spiro atoms. The van der Waals surface area contributed by atoms with E-state index in [-0.39, 0.29) is 17.0 Å². The first kappa shape index (κ1) is 19.5. The predicted molar refractivity (Wildman–Crippen MR) is 115 cm³/mol. The minimum absolute atomic E-state index is 0.0316. The van der Waals surface area contributed by atoms with Crippen LogP contribution in [0.4, 0.5) is 11.5 Å². The Morgan fingerprint density at radius 1 is 1.10 bits per heavy atom. The average molecular weight is 431 g/mol. The zero-order valence-electron chi connectivity index (χ0n) is 16.7. The van der Waals surface area contributed by atoms with Crippen LogP contribution in [-0.4, -0.2) is 78.6 Å². The molecule has 3 aliphatic rings. The van der Waals surface area contributed by atoms with Gasteiger partial charge in [-0.3, -0.25) is 0 Å². The lowest BCUT2D eigenvalue weighted by atomic mass is 10.1. The molecule has 5 rings (SSSR count). The normalized spacial score (nSPS) is 22.8. The minimum Gasteiger partial charge on any atom is -0.507 e. The monoisotopic (exact) mass is 430 g/mol. The van der Waals surface area contributed by atoms with Crippen molar-refractivity contribution in [3.63, 3.8) is 0 Å². The predicted octanol–water partition coefficient (Wildman–Crippen LogP) is 0.847. The number of phenols is 1. The fraction of sp³-hybridized carbons (Fsp3) is 0.500. The van der Waals surface area contributed by atoms with Crippen molar-refractivity contribution in [3.8, 4) is 17.0 Å². The SMILES string of the molecule is O=S(=O)(C1CCNCC1)N1CCN2c3cc(-c4ccccc4O)nnc3NC[C@H]2C1. The number of nitrogens with one attached hydrogen (secondary N) is 2. The van der Waals surface area contributed by atoms with Gasteiger partial charge in [0.15, 0.2) is 5.82 Å². The number of phenolic OH excluding ortho intramolecular Hbond substituents is 1. The molecule has 10 heteroatoms. The highest BCUT2D eigenvalue weighted by atomic mass is 32.2. The van der Waals surface area contributed by atoms with Gasteiger partial charge in [0.2, 0.25) is 10.0 Å². The summed E-state index contributed by atoms with van der Waals surface area (Å²) >= 11 is 0. The van der Waals surface area contributed by atoms with Crippen LogP contribution in [0.15, 0.2) is 30.3 Å². The standard InChI is InChI=1S/C20H26N6O3S/c27-19-4-2-1-3-16(19)17-11-18-20(24-23-17)22-12-14-13-25(9-10-26(14)18)30(28,29)15-5-7-21-8-6-15/h1-4,11,14-15,21,27H,5-10,12-13H2,(H,22,24)/t14-/m0/s1. The third-order valence-electron chi connectivity index (χ3n) is 6.28. The van der Waals surface area contributed by atoms with Crippen molar-refractivity contribution < 1.29 is 13.5 Å². The van der Waals surface area contributed by atoms with E-state index in [1.165, 1.54) is 0 Å². The summed E-state index contributed by atoms with van der Waals surface area (Å²) in [6, 6.07) is 9.01. The maximum atomic E-state index is 13.1. The topological polar surface area (TPSA) is 111 Å². The molecule has 3 aliphatic heterocycles. The first-order valence-electron chi connectivity index (χ1n) is 10.4. The molecular formula is C20H26N6O3S. The second-order valence-electron chi connectivity index (χ2n) is 8.06. The lowest BCUT2D eigenvalue weighted by Gasteiger charge is -2.46. The number of aromatic nitrogens is 2. The van der Waals surface area contributed by atoms with E-state index in [1.807, 2.05) is 18.2 Å². The molecule has 0 radical (unpaired) electrons. The summed E-state index contributed by atoms with van der Waals surface area (Å²) in [5.41, 5.74) is 2.12. The van der Waals surface area contributed by atoms with Gasteiger partial charge in [0, 0.05) is 31.7 Å². The van der Waals surface area contributed by atoms with E-state index < -0.39 is 10.0 Å². The van der Waals surface area contributed by atoms with Gasteiger partial charge < -0.3 is 20.6 Å². The number of rotatable bonds is 3. The van der Waals surface area contributed by atoms with Crippen LogP contribution in [-0.2, 0) is 10.0 Å². The van der Waals surface area contributed by atoms with Gasteiger partial charge in [0.05, 0.1) is 22.7 Å². The summed E-state index contributed by atoms with van der Waals surface area (Å²) in [6.45, 7) is 3.68. The maximum absolute atomic E-state index is 13.1. The molecule has 2 saturated heterocycles. The highest BCUT2D eigenvalue weighted by Crippen LogP contribution is 2.36. The largest absolute Gasteiger partial charge is 0.507 e. The highest BCUT2D eigenvalue weighted by molar-refractivity contribution is 7.89.